The molecule has 0 spiro atoms. The van der Waals surface area contributed by atoms with Gasteiger partial charge in [-0.3, -0.25) is 4.79 Å². The number of carbonyl (C=O) groups is 1. The van der Waals surface area contributed by atoms with Crippen molar-refractivity contribution in [2.75, 3.05) is 7.11 Å². The summed E-state index contributed by atoms with van der Waals surface area (Å²) in [6.45, 7) is 4.84. The third-order valence-corrected chi connectivity index (χ3v) is 6.01. The number of hydrogen-bond acceptors (Lipinski definition) is 4. The number of fused-ring (bicyclic) bond motifs is 1. The first-order valence-electron chi connectivity index (χ1n) is 10.8. The second-order valence-corrected chi connectivity index (χ2v) is 8.35. The fourth-order valence-electron chi connectivity index (χ4n) is 4.57. The van der Waals surface area contributed by atoms with Crippen LogP contribution in [0.1, 0.15) is 61.9 Å². The van der Waals surface area contributed by atoms with E-state index in [4.69, 9.17) is 4.74 Å². The van der Waals surface area contributed by atoms with Crippen LogP contribution in [0.25, 0.3) is 11.5 Å². The van der Waals surface area contributed by atoms with Crippen molar-refractivity contribution in [2.24, 2.45) is 0 Å². The zero-order valence-electron chi connectivity index (χ0n) is 18.0. The highest BCUT2D eigenvalue weighted by molar-refractivity contribution is 5.97. The van der Waals surface area contributed by atoms with Gasteiger partial charge in [-0.15, -0.1) is 0 Å². The van der Waals surface area contributed by atoms with Gasteiger partial charge in [0.25, 0.3) is 5.91 Å². The molecule has 2 aliphatic heterocycles. The predicted octanol–water partition coefficient (Wildman–Crippen LogP) is 4.62. The van der Waals surface area contributed by atoms with Crippen molar-refractivity contribution in [1.29, 1.82) is 0 Å². The molecule has 1 fully saturated rings. The van der Waals surface area contributed by atoms with E-state index in [1.165, 1.54) is 19.3 Å². The van der Waals surface area contributed by atoms with Crippen molar-refractivity contribution >= 4 is 5.91 Å². The highest BCUT2D eigenvalue weighted by atomic mass is 16.5. The molecule has 1 saturated carbocycles. The van der Waals surface area contributed by atoms with Crippen LogP contribution < -0.4 is 4.74 Å². The number of methoxy groups -OCH3 is 1. The molecular formula is C24H30N4O2. The van der Waals surface area contributed by atoms with E-state index in [2.05, 4.69) is 33.3 Å². The summed E-state index contributed by atoms with van der Waals surface area (Å²) in [6.07, 6.45) is 9.42. The molecule has 0 aromatic heterocycles. The Hall–Kier alpha value is -2.89. The molecule has 2 heterocycles. The number of nitrogens with zero attached hydrogens (tertiary/aromatic N) is 4. The number of carbonyl (C=O) groups excluding carboxylic acids is 1. The first-order valence-corrected chi connectivity index (χ1v) is 10.8. The molecule has 4 rings (SSSR count). The average Bonchev–Trinajstić information content (AvgIpc) is 3.24. The summed E-state index contributed by atoms with van der Waals surface area (Å²) in [5.74, 6) is 1.54. The Morgan fingerprint density at radius 2 is 2.00 bits per heavy atom. The number of hydrogen-bond donors (Lipinski definition) is 0. The van der Waals surface area contributed by atoms with Gasteiger partial charge in [0.1, 0.15) is 17.8 Å². The lowest BCUT2D eigenvalue weighted by Gasteiger charge is -2.37. The van der Waals surface area contributed by atoms with Crippen LogP contribution in [0.4, 0.5) is 0 Å². The van der Waals surface area contributed by atoms with Gasteiger partial charge in [0.15, 0.2) is 5.82 Å². The van der Waals surface area contributed by atoms with E-state index in [9.17, 15) is 4.79 Å². The monoisotopic (exact) mass is 406 g/mol. The van der Waals surface area contributed by atoms with Crippen LogP contribution in [-0.2, 0) is 6.54 Å². The fourth-order valence-corrected chi connectivity index (χ4v) is 4.57. The Labute approximate surface area is 178 Å². The van der Waals surface area contributed by atoms with Gasteiger partial charge in [-0.25, -0.2) is 9.97 Å². The Morgan fingerprint density at radius 1 is 1.20 bits per heavy atom. The predicted molar refractivity (Wildman–Crippen MR) is 117 cm³/mol. The summed E-state index contributed by atoms with van der Waals surface area (Å²) < 4.78 is 7.71. The maximum atomic E-state index is 13.5. The summed E-state index contributed by atoms with van der Waals surface area (Å²) in [4.78, 5) is 24.2. The normalized spacial score (nSPS) is 14.9. The number of pyridine rings is 1. The number of ether oxygens (including phenoxy) is 1. The molecule has 158 valence electrons. The zero-order chi connectivity index (χ0) is 21.1. The van der Waals surface area contributed by atoms with Crippen molar-refractivity contribution in [3.63, 3.8) is 0 Å². The number of amides is 1. The second-order valence-electron chi connectivity index (χ2n) is 8.35. The van der Waals surface area contributed by atoms with Gasteiger partial charge in [-0.2, -0.15) is 0 Å². The van der Waals surface area contributed by atoms with E-state index < -0.39 is 0 Å². The zero-order valence-corrected chi connectivity index (χ0v) is 18.0. The number of benzene rings is 1. The summed E-state index contributed by atoms with van der Waals surface area (Å²) in [5.41, 5.74) is 2.56. The molecule has 0 unspecified atom stereocenters. The minimum absolute atomic E-state index is 0.0666. The van der Waals surface area contributed by atoms with E-state index in [0.717, 1.165) is 29.9 Å². The van der Waals surface area contributed by atoms with Gasteiger partial charge < -0.3 is 14.2 Å². The highest BCUT2D eigenvalue weighted by Crippen LogP contribution is 2.29. The Kier molecular flexibility index (Phi) is 6.02. The first kappa shape index (κ1) is 20.4. The quantitative estimate of drug-likeness (QED) is 0.599. The van der Waals surface area contributed by atoms with Crippen LogP contribution in [-0.4, -0.2) is 44.5 Å². The van der Waals surface area contributed by atoms with Gasteiger partial charge in [0.2, 0.25) is 0 Å². The van der Waals surface area contributed by atoms with E-state index in [1.54, 1.807) is 13.4 Å². The maximum Gasteiger partial charge on any atom is 0.258 e. The van der Waals surface area contributed by atoms with Crippen molar-refractivity contribution in [3.8, 4) is 17.3 Å². The largest absolute Gasteiger partial charge is 0.496 e. The topological polar surface area (TPSA) is 60.2 Å². The van der Waals surface area contributed by atoms with Crippen molar-refractivity contribution in [2.45, 2.75) is 64.6 Å². The number of imidazole rings is 1. The standard InChI is InChI=1S/C24H30N4O2/c1-17(2)28(19-8-5-4-6-9-19)24(29)20-12-11-18(14-22(20)30-3)15-27-13-7-10-21-23(27)26-16-25-21/h7,10-14,16-17,19H,4-6,8-9,15H2,1-3H3. The summed E-state index contributed by atoms with van der Waals surface area (Å²) in [5, 5.41) is 0. The molecule has 0 bridgehead atoms. The lowest BCUT2D eigenvalue weighted by atomic mass is 9.92. The first-order chi connectivity index (χ1) is 14.6. The average molecular weight is 407 g/mol. The number of aromatic nitrogens is 3. The highest BCUT2D eigenvalue weighted by Gasteiger charge is 2.30. The van der Waals surface area contributed by atoms with Crippen molar-refractivity contribution < 1.29 is 9.53 Å². The molecule has 1 aliphatic carbocycles. The third kappa shape index (κ3) is 4.04. The molecule has 0 saturated heterocycles. The molecule has 30 heavy (non-hydrogen) atoms. The SMILES string of the molecule is COc1cc(Cn2cccc3ncnc2-3)ccc1C(=O)N(C(C)C)C1CCCCC1. The smallest absolute Gasteiger partial charge is 0.258 e. The van der Waals surface area contributed by atoms with Crippen LogP contribution >= 0.6 is 0 Å². The third-order valence-electron chi connectivity index (χ3n) is 6.01. The van der Waals surface area contributed by atoms with Crippen LogP contribution in [0.2, 0.25) is 0 Å². The van der Waals surface area contributed by atoms with Crippen LogP contribution in [0.3, 0.4) is 0 Å². The molecule has 0 atom stereocenters. The van der Waals surface area contributed by atoms with E-state index in [-0.39, 0.29) is 11.9 Å². The molecule has 1 aromatic rings. The van der Waals surface area contributed by atoms with Crippen LogP contribution in [0, 0.1) is 0 Å². The van der Waals surface area contributed by atoms with Crippen molar-refractivity contribution in [1.82, 2.24) is 19.4 Å². The molecular weight excluding hydrogens is 376 g/mol. The van der Waals surface area contributed by atoms with Gasteiger partial charge in [0, 0.05) is 24.8 Å². The van der Waals surface area contributed by atoms with Gasteiger partial charge >= 0.3 is 0 Å². The summed E-state index contributed by atoms with van der Waals surface area (Å²) in [6, 6.07) is 10.3. The molecule has 3 aliphatic rings. The van der Waals surface area contributed by atoms with E-state index in [0.29, 0.717) is 23.9 Å². The second kappa shape index (κ2) is 8.86. The summed E-state index contributed by atoms with van der Waals surface area (Å²) in [7, 11) is 1.63. The number of rotatable bonds is 6. The molecule has 1 aromatic carbocycles. The Balaban J connectivity index is 1.60. The Morgan fingerprint density at radius 3 is 2.73 bits per heavy atom. The van der Waals surface area contributed by atoms with Gasteiger partial charge in [-0.05, 0) is 56.5 Å². The van der Waals surface area contributed by atoms with Crippen LogP contribution in [0.5, 0.6) is 5.75 Å². The fraction of sp³-hybridized carbons (Fsp3) is 0.458. The minimum Gasteiger partial charge on any atom is -0.496 e. The minimum atomic E-state index is 0.0666. The maximum absolute atomic E-state index is 13.5. The molecule has 6 heteroatoms. The van der Waals surface area contributed by atoms with E-state index >= 15 is 0 Å². The lowest BCUT2D eigenvalue weighted by Crippen LogP contribution is -2.45. The molecule has 0 radical (unpaired) electrons. The van der Waals surface area contributed by atoms with Gasteiger partial charge in [-0.1, -0.05) is 25.3 Å². The van der Waals surface area contributed by atoms with Crippen molar-refractivity contribution in [3.05, 3.63) is 54.0 Å². The molecule has 1 amide bonds. The van der Waals surface area contributed by atoms with Gasteiger partial charge in [0.05, 0.1) is 12.7 Å². The molecule has 0 N–H and O–H groups in total. The van der Waals surface area contributed by atoms with Crippen LogP contribution in [0.15, 0.2) is 42.9 Å². The molecule has 6 nitrogen and oxygen atoms in total. The lowest BCUT2D eigenvalue weighted by molar-refractivity contribution is 0.0552. The summed E-state index contributed by atoms with van der Waals surface area (Å²) >= 11 is 0. The van der Waals surface area contributed by atoms with E-state index in [1.807, 2.05) is 36.5 Å². The Bertz CT molecular complexity index is 975.